The third kappa shape index (κ3) is 8.42. The minimum Gasteiger partial charge on any atom is -0.458 e. The van der Waals surface area contributed by atoms with Crippen LogP contribution >= 0.6 is 15.9 Å². The maximum Gasteiger partial charge on any atom is 0.332 e. The van der Waals surface area contributed by atoms with Gasteiger partial charge in [-0.1, -0.05) is 17.3 Å². The number of nitrogens with zero attached hydrogens (tertiary/aromatic N) is 5. The number of aryl methyl sites for hydroxylation is 3. The Kier molecular flexibility index (Phi) is 10.5. The summed E-state index contributed by atoms with van der Waals surface area (Å²) in [5.41, 5.74) is 7.10. The molecule has 0 radical (unpaired) electrons. The average molecular weight is 679 g/mol. The van der Waals surface area contributed by atoms with Crippen LogP contribution in [0.25, 0.3) is 16.8 Å². The zero-order chi connectivity index (χ0) is 32.1. The molecule has 0 saturated carbocycles. The molecule has 0 atom stereocenters. The number of rotatable bonds is 11. The molecule has 0 amide bonds. The van der Waals surface area contributed by atoms with Gasteiger partial charge in [0.25, 0.3) is 0 Å². The molecule has 3 heterocycles. The maximum absolute atomic E-state index is 12.0. The van der Waals surface area contributed by atoms with Crippen molar-refractivity contribution in [1.82, 2.24) is 19.6 Å². The van der Waals surface area contributed by atoms with Crippen LogP contribution in [0.4, 0.5) is 11.4 Å². The fourth-order valence-corrected chi connectivity index (χ4v) is 6.51. The first-order chi connectivity index (χ1) is 21.5. The first-order valence-corrected chi connectivity index (χ1v) is 16.4. The highest BCUT2D eigenvalue weighted by molar-refractivity contribution is 9.10. The number of esters is 1. The van der Waals surface area contributed by atoms with Crippen LogP contribution in [0.3, 0.4) is 0 Å². The number of aromatic nitrogens is 3. The van der Waals surface area contributed by atoms with Crippen molar-refractivity contribution in [3.63, 3.8) is 0 Å². The number of hydrogen-bond donors (Lipinski definition) is 0. The van der Waals surface area contributed by atoms with Crippen LogP contribution in [0.5, 0.6) is 0 Å². The molecule has 0 spiro atoms. The van der Waals surface area contributed by atoms with Crippen LogP contribution in [0, 0.1) is 26.7 Å². The monoisotopic (exact) mass is 677 g/mol. The van der Waals surface area contributed by atoms with Crippen molar-refractivity contribution < 1.29 is 18.8 Å². The highest BCUT2D eigenvalue weighted by Crippen LogP contribution is 2.38. The molecule has 45 heavy (non-hydrogen) atoms. The Morgan fingerprint density at radius 1 is 1.11 bits per heavy atom. The third-order valence-electron chi connectivity index (χ3n) is 8.19. The second-order valence-electron chi connectivity index (χ2n) is 12.8. The Labute approximate surface area is 274 Å². The zero-order valence-electron chi connectivity index (χ0n) is 27.2. The number of imidazole rings is 1. The van der Waals surface area contributed by atoms with Gasteiger partial charge in [0.05, 0.1) is 24.3 Å². The summed E-state index contributed by atoms with van der Waals surface area (Å²) < 4.78 is 19.5. The zero-order valence-corrected chi connectivity index (χ0v) is 28.8. The molecule has 1 fully saturated rings. The first-order valence-electron chi connectivity index (χ1n) is 15.6. The molecule has 9 nitrogen and oxygen atoms in total. The minimum absolute atomic E-state index is 0.00969. The standard InChI is InChI=1S/C35H44BrN5O4/c1-24-7-8-28(34-25(2)38-45-26(34)3)19-32(24)41(29-9-10-31(30(36)20-29)40-16-13-37-23-40)21-27-11-14-39(15-12-27)17-18-43-22-33(42)44-35(4,5)6/h7-10,13,16,19-20,23,27H,11-12,14-15,17-18,21-22H2,1-6H3. The average Bonchev–Trinajstić information content (AvgIpc) is 3.64. The van der Waals surface area contributed by atoms with Gasteiger partial charge in [0, 0.05) is 46.9 Å². The predicted molar refractivity (Wildman–Crippen MR) is 180 cm³/mol. The van der Waals surface area contributed by atoms with Crippen molar-refractivity contribution in [3.8, 4) is 16.8 Å². The van der Waals surface area contributed by atoms with E-state index >= 15 is 0 Å². The number of halogens is 1. The van der Waals surface area contributed by atoms with Gasteiger partial charge in [-0.15, -0.1) is 0 Å². The quantitative estimate of drug-likeness (QED) is 0.120. The maximum atomic E-state index is 12.0. The SMILES string of the molecule is Cc1ccc(-c2c(C)noc2C)cc1N(CC1CCN(CCOCC(=O)OC(C)(C)C)CC1)c1ccc(-n2ccnc2)c(Br)c1. The normalized spacial score (nSPS) is 14.6. The van der Waals surface area contributed by atoms with Crippen molar-refractivity contribution in [2.75, 3.05) is 44.3 Å². The van der Waals surface area contributed by atoms with Gasteiger partial charge in [-0.05, 0) is 125 Å². The van der Waals surface area contributed by atoms with Gasteiger partial charge >= 0.3 is 5.97 Å². The molecule has 2 aromatic heterocycles. The number of hydrogen-bond acceptors (Lipinski definition) is 8. The fraction of sp³-hybridized carbons (Fsp3) is 0.457. The number of carbonyl (C=O) groups is 1. The minimum atomic E-state index is -0.497. The molecule has 0 N–H and O–H groups in total. The Bertz CT molecular complexity index is 1570. The summed E-state index contributed by atoms with van der Waals surface area (Å²) in [7, 11) is 0. The molecule has 5 rings (SSSR count). The molecule has 4 aromatic rings. The number of anilines is 2. The van der Waals surface area contributed by atoms with Crippen LogP contribution in [0.1, 0.15) is 50.6 Å². The second kappa shape index (κ2) is 14.3. The number of ether oxygens (including phenoxy) is 2. The molecule has 240 valence electrons. The smallest absolute Gasteiger partial charge is 0.332 e. The van der Waals surface area contributed by atoms with Gasteiger partial charge in [0.2, 0.25) is 0 Å². The van der Waals surface area contributed by atoms with Crippen LogP contribution in [0.15, 0.2) is 64.1 Å². The van der Waals surface area contributed by atoms with Crippen molar-refractivity contribution in [3.05, 3.63) is 76.6 Å². The van der Waals surface area contributed by atoms with Gasteiger partial charge in [0.1, 0.15) is 18.0 Å². The Morgan fingerprint density at radius 2 is 1.89 bits per heavy atom. The van der Waals surface area contributed by atoms with E-state index in [0.717, 1.165) is 77.4 Å². The topological polar surface area (TPSA) is 85.9 Å². The number of piperidine rings is 1. The van der Waals surface area contributed by atoms with Gasteiger partial charge in [-0.3, -0.25) is 0 Å². The number of benzene rings is 2. The summed E-state index contributed by atoms with van der Waals surface area (Å²) in [6, 6.07) is 13.2. The van der Waals surface area contributed by atoms with E-state index < -0.39 is 5.60 Å². The van der Waals surface area contributed by atoms with Crippen molar-refractivity contribution in [2.45, 2.75) is 60.0 Å². The lowest BCUT2D eigenvalue weighted by atomic mass is 9.94. The molecule has 0 bridgehead atoms. The van der Waals surface area contributed by atoms with Gasteiger partial charge < -0.3 is 28.4 Å². The second-order valence-corrected chi connectivity index (χ2v) is 13.7. The Morgan fingerprint density at radius 3 is 2.53 bits per heavy atom. The molecule has 1 saturated heterocycles. The van der Waals surface area contributed by atoms with E-state index in [2.05, 4.69) is 79.2 Å². The van der Waals surface area contributed by atoms with Crippen LogP contribution in [-0.2, 0) is 14.3 Å². The molecular formula is C35H44BrN5O4. The molecule has 2 aromatic carbocycles. The lowest BCUT2D eigenvalue weighted by Gasteiger charge is -2.36. The molecule has 0 aliphatic carbocycles. The Hall–Kier alpha value is -3.47. The van der Waals surface area contributed by atoms with E-state index in [9.17, 15) is 4.79 Å². The van der Waals surface area contributed by atoms with Gasteiger partial charge in [-0.25, -0.2) is 9.78 Å². The van der Waals surface area contributed by atoms with E-state index in [1.54, 1.807) is 6.20 Å². The highest BCUT2D eigenvalue weighted by Gasteiger charge is 2.25. The largest absolute Gasteiger partial charge is 0.458 e. The molecule has 0 unspecified atom stereocenters. The van der Waals surface area contributed by atoms with Crippen molar-refractivity contribution >= 4 is 33.3 Å². The van der Waals surface area contributed by atoms with Crippen LogP contribution in [0.2, 0.25) is 0 Å². The third-order valence-corrected chi connectivity index (χ3v) is 8.82. The van der Waals surface area contributed by atoms with Crippen LogP contribution in [-0.4, -0.2) is 70.6 Å². The van der Waals surface area contributed by atoms with Crippen molar-refractivity contribution in [2.24, 2.45) is 5.92 Å². The Balaban J connectivity index is 1.31. The van der Waals surface area contributed by atoms with E-state index in [4.69, 9.17) is 14.0 Å². The summed E-state index contributed by atoms with van der Waals surface area (Å²) in [6.07, 6.45) is 7.71. The summed E-state index contributed by atoms with van der Waals surface area (Å²) in [4.78, 5) is 21.1. The van der Waals surface area contributed by atoms with Crippen molar-refractivity contribution in [1.29, 1.82) is 0 Å². The van der Waals surface area contributed by atoms with Gasteiger partial charge in [0.15, 0.2) is 0 Å². The summed E-state index contributed by atoms with van der Waals surface area (Å²) >= 11 is 3.84. The molecule has 10 heteroatoms. The highest BCUT2D eigenvalue weighted by atomic mass is 79.9. The molecular weight excluding hydrogens is 634 g/mol. The first kappa shape index (κ1) is 32.9. The van der Waals surface area contributed by atoms with E-state index in [-0.39, 0.29) is 12.6 Å². The summed E-state index contributed by atoms with van der Waals surface area (Å²) in [5.74, 6) is 1.02. The summed E-state index contributed by atoms with van der Waals surface area (Å²) in [6.45, 7) is 15.9. The van der Waals surface area contributed by atoms with Crippen LogP contribution < -0.4 is 4.90 Å². The fourth-order valence-electron chi connectivity index (χ4n) is 5.94. The lowest BCUT2D eigenvalue weighted by molar-refractivity contribution is -0.160. The van der Waals surface area contributed by atoms with E-state index in [1.807, 2.05) is 51.7 Å². The van der Waals surface area contributed by atoms with Gasteiger partial charge in [-0.2, -0.15) is 0 Å². The number of likely N-dealkylation sites (tertiary alicyclic amines) is 1. The number of carbonyl (C=O) groups excluding carboxylic acids is 1. The predicted octanol–water partition coefficient (Wildman–Crippen LogP) is 7.42. The van der Waals surface area contributed by atoms with E-state index in [1.165, 1.54) is 11.3 Å². The summed E-state index contributed by atoms with van der Waals surface area (Å²) in [5, 5.41) is 4.20. The lowest BCUT2D eigenvalue weighted by Crippen LogP contribution is -2.39. The molecule has 1 aliphatic rings. The molecule has 1 aliphatic heterocycles. The van der Waals surface area contributed by atoms with E-state index in [0.29, 0.717) is 12.5 Å².